The summed E-state index contributed by atoms with van der Waals surface area (Å²) in [6.45, 7) is 0.176. The van der Waals surface area contributed by atoms with E-state index in [2.05, 4.69) is 0 Å². The van der Waals surface area contributed by atoms with Crippen molar-refractivity contribution in [3.63, 3.8) is 0 Å². The number of hydrogen-bond donors (Lipinski definition) is 0. The quantitative estimate of drug-likeness (QED) is 0.528. The summed E-state index contributed by atoms with van der Waals surface area (Å²) in [7, 11) is -3.15. The molecule has 30 heavy (non-hydrogen) atoms. The van der Waals surface area contributed by atoms with Gasteiger partial charge >= 0.3 is 0 Å². The van der Waals surface area contributed by atoms with Gasteiger partial charge in [-0.25, -0.2) is 8.42 Å². The van der Waals surface area contributed by atoms with Crippen molar-refractivity contribution in [2.45, 2.75) is 19.0 Å². The van der Waals surface area contributed by atoms with Crippen molar-refractivity contribution in [2.24, 2.45) is 0 Å². The summed E-state index contributed by atoms with van der Waals surface area (Å²) in [6, 6.07) is 17.2. The molecule has 0 radical (unpaired) electrons. The molecule has 1 saturated heterocycles. The van der Waals surface area contributed by atoms with E-state index in [1.807, 2.05) is 6.07 Å². The molecule has 0 unspecified atom stereocenters. The molecule has 1 amide bonds. The van der Waals surface area contributed by atoms with Crippen molar-refractivity contribution >= 4 is 38.9 Å². The molecular weight excluding hydrogens is 445 g/mol. The van der Waals surface area contributed by atoms with E-state index in [1.165, 1.54) is 0 Å². The lowest BCUT2D eigenvalue weighted by Gasteiger charge is -2.27. The Morgan fingerprint density at radius 2 is 1.80 bits per heavy atom. The van der Waals surface area contributed by atoms with Gasteiger partial charge in [0.2, 0.25) is 0 Å². The van der Waals surface area contributed by atoms with E-state index in [1.54, 1.807) is 59.5 Å². The van der Waals surface area contributed by atoms with Crippen molar-refractivity contribution in [1.82, 2.24) is 4.90 Å². The second-order valence-corrected chi connectivity index (χ2v) is 10.3. The molecule has 2 aromatic carbocycles. The number of halogens is 2. The zero-order valence-electron chi connectivity index (χ0n) is 15.9. The molecule has 1 aromatic heterocycles. The molecule has 0 bridgehead atoms. The number of hydrogen-bond acceptors (Lipinski definition) is 4. The molecule has 1 aliphatic rings. The average molecular weight is 464 g/mol. The predicted molar refractivity (Wildman–Crippen MR) is 118 cm³/mol. The van der Waals surface area contributed by atoms with Crippen LogP contribution in [0.1, 0.15) is 22.5 Å². The highest BCUT2D eigenvalue weighted by molar-refractivity contribution is 7.91. The molecule has 156 valence electrons. The van der Waals surface area contributed by atoms with Gasteiger partial charge in [-0.3, -0.25) is 4.79 Å². The van der Waals surface area contributed by atoms with E-state index in [9.17, 15) is 13.2 Å². The summed E-state index contributed by atoms with van der Waals surface area (Å²) in [5, 5.41) is 0.874. The fourth-order valence-electron chi connectivity index (χ4n) is 3.57. The van der Waals surface area contributed by atoms with Crippen LogP contribution in [0.15, 0.2) is 65.1 Å². The van der Waals surface area contributed by atoms with E-state index < -0.39 is 9.84 Å². The van der Waals surface area contributed by atoms with E-state index in [0.717, 1.165) is 5.56 Å². The number of furan rings is 1. The Balaban J connectivity index is 1.61. The lowest BCUT2D eigenvalue weighted by molar-refractivity contribution is 0.0666. The van der Waals surface area contributed by atoms with Crippen LogP contribution in [0.2, 0.25) is 10.0 Å². The first kappa shape index (κ1) is 21.0. The van der Waals surface area contributed by atoms with Crippen molar-refractivity contribution in [1.29, 1.82) is 0 Å². The molecule has 0 N–H and O–H groups in total. The largest absolute Gasteiger partial charge is 0.459 e. The molecule has 4 rings (SSSR count). The number of nitrogens with zero attached hydrogens (tertiary/aromatic N) is 1. The van der Waals surface area contributed by atoms with Crippen LogP contribution in [0.4, 0.5) is 0 Å². The third kappa shape index (κ3) is 4.56. The molecule has 8 heteroatoms. The van der Waals surface area contributed by atoms with Crippen LogP contribution < -0.4 is 0 Å². The number of benzene rings is 2. The Labute approximate surface area is 185 Å². The Hall–Kier alpha value is -2.28. The van der Waals surface area contributed by atoms with Gasteiger partial charge in [0, 0.05) is 17.2 Å². The first-order valence-electron chi connectivity index (χ1n) is 9.43. The smallest absolute Gasteiger partial charge is 0.254 e. The summed E-state index contributed by atoms with van der Waals surface area (Å²) >= 11 is 12.1. The van der Waals surface area contributed by atoms with Gasteiger partial charge in [-0.2, -0.15) is 0 Å². The summed E-state index contributed by atoms with van der Waals surface area (Å²) in [4.78, 5) is 14.8. The summed E-state index contributed by atoms with van der Waals surface area (Å²) in [5.41, 5.74) is 1.28. The van der Waals surface area contributed by atoms with Gasteiger partial charge < -0.3 is 9.32 Å². The standard InChI is InChI=1S/C22H19Cl2NO4S/c23-19-8-6-16(12-20(19)24)21-9-7-18(29-21)13-25(17-10-11-30(27,28)14-17)22(26)15-4-2-1-3-5-15/h1-9,12,17H,10-11,13-14H2/t17-/m0/s1. The second kappa shape index (κ2) is 8.46. The number of rotatable bonds is 5. The Morgan fingerprint density at radius 3 is 2.47 bits per heavy atom. The van der Waals surface area contributed by atoms with Crippen LogP contribution >= 0.6 is 23.2 Å². The number of amides is 1. The minimum Gasteiger partial charge on any atom is -0.459 e. The van der Waals surface area contributed by atoms with Gasteiger partial charge in [-0.15, -0.1) is 0 Å². The molecule has 5 nitrogen and oxygen atoms in total. The molecule has 0 spiro atoms. The van der Waals surface area contributed by atoms with Gasteiger partial charge in [-0.1, -0.05) is 41.4 Å². The zero-order valence-corrected chi connectivity index (χ0v) is 18.3. The summed E-state index contributed by atoms with van der Waals surface area (Å²) in [6.07, 6.45) is 0.418. The molecule has 1 fully saturated rings. The first-order valence-corrected chi connectivity index (χ1v) is 12.0. The summed E-state index contributed by atoms with van der Waals surface area (Å²) < 4.78 is 30.0. The number of carbonyl (C=O) groups excluding carboxylic acids is 1. The Morgan fingerprint density at radius 1 is 1.03 bits per heavy atom. The molecule has 0 aliphatic carbocycles. The monoisotopic (exact) mass is 463 g/mol. The van der Waals surface area contributed by atoms with Crippen molar-refractivity contribution in [2.75, 3.05) is 11.5 Å². The van der Waals surface area contributed by atoms with Crippen molar-refractivity contribution < 1.29 is 17.6 Å². The normalized spacial score (nSPS) is 17.7. The topological polar surface area (TPSA) is 67.6 Å². The molecule has 1 aliphatic heterocycles. The lowest BCUT2D eigenvalue weighted by atomic mass is 10.1. The molecular formula is C22H19Cl2NO4S. The third-order valence-electron chi connectivity index (χ3n) is 5.12. The van der Waals surface area contributed by atoms with Crippen LogP contribution in [0, 0.1) is 0 Å². The van der Waals surface area contributed by atoms with Gasteiger partial charge in [-0.05, 0) is 48.9 Å². The highest BCUT2D eigenvalue weighted by Gasteiger charge is 2.35. The average Bonchev–Trinajstić information content (AvgIpc) is 3.34. The first-order chi connectivity index (χ1) is 14.3. The van der Waals surface area contributed by atoms with Crippen molar-refractivity contribution in [3.8, 4) is 11.3 Å². The van der Waals surface area contributed by atoms with Crippen LogP contribution in [0.25, 0.3) is 11.3 Å². The molecule has 2 heterocycles. The highest BCUT2D eigenvalue weighted by Crippen LogP contribution is 2.30. The van der Waals surface area contributed by atoms with Gasteiger partial charge in [0.05, 0.1) is 28.1 Å². The second-order valence-electron chi connectivity index (χ2n) is 7.25. The van der Waals surface area contributed by atoms with Crippen LogP contribution in [-0.4, -0.2) is 36.8 Å². The van der Waals surface area contributed by atoms with Crippen LogP contribution in [0.3, 0.4) is 0 Å². The highest BCUT2D eigenvalue weighted by atomic mass is 35.5. The third-order valence-corrected chi connectivity index (χ3v) is 7.61. The maximum absolute atomic E-state index is 13.2. The SMILES string of the molecule is O=C(c1ccccc1)N(Cc1ccc(-c2ccc(Cl)c(Cl)c2)o1)[C@H]1CCS(=O)(=O)C1. The Kier molecular flexibility index (Phi) is 5.91. The van der Waals surface area contributed by atoms with Gasteiger partial charge in [0.1, 0.15) is 11.5 Å². The molecule has 3 aromatic rings. The lowest BCUT2D eigenvalue weighted by Crippen LogP contribution is -2.40. The molecule has 1 atom stereocenters. The van der Waals surface area contributed by atoms with E-state index in [-0.39, 0.29) is 30.0 Å². The van der Waals surface area contributed by atoms with E-state index in [0.29, 0.717) is 33.6 Å². The van der Waals surface area contributed by atoms with Gasteiger partial charge in [0.25, 0.3) is 5.91 Å². The number of carbonyl (C=O) groups is 1. The van der Waals surface area contributed by atoms with Gasteiger partial charge in [0.15, 0.2) is 9.84 Å². The predicted octanol–water partition coefficient (Wildman–Crippen LogP) is 5.08. The minimum atomic E-state index is -3.15. The fraction of sp³-hybridized carbons (Fsp3) is 0.227. The van der Waals surface area contributed by atoms with E-state index >= 15 is 0 Å². The minimum absolute atomic E-state index is 0.0358. The Bertz CT molecular complexity index is 1170. The zero-order chi connectivity index (χ0) is 21.3. The maximum Gasteiger partial charge on any atom is 0.254 e. The van der Waals surface area contributed by atoms with Crippen LogP contribution in [0.5, 0.6) is 0 Å². The molecule has 0 saturated carbocycles. The van der Waals surface area contributed by atoms with Crippen molar-refractivity contribution in [3.05, 3.63) is 82.0 Å². The number of sulfone groups is 1. The summed E-state index contributed by atoms with van der Waals surface area (Å²) in [5.74, 6) is 0.985. The fourth-order valence-corrected chi connectivity index (χ4v) is 5.60. The van der Waals surface area contributed by atoms with Crippen LogP contribution in [-0.2, 0) is 16.4 Å². The van der Waals surface area contributed by atoms with E-state index in [4.69, 9.17) is 27.6 Å². The maximum atomic E-state index is 13.2.